The quantitative estimate of drug-likeness (QED) is 0.196. The predicted molar refractivity (Wildman–Crippen MR) is 194 cm³/mol. The number of nitrogens with zero attached hydrogens (tertiary/aromatic N) is 3. The minimum atomic E-state index is 0.0522. The van der Waals surface area contributed by atoms with Gasteiger partial charge in [-0.1, -0.05) is 152 Å². The summed E-state index contributed by atoms with van der Waals surface area (Å²) in [5.74, 6) is 2.04. The number of hydrogen-bond donors (Lipinski definition) is 0. The van der Waals surface area contributed by atoms with Crippen LogP contribution in [0.2, 0.25) is 0 Å². The van der Waals surface area contributed by atoms with Crippen molar-refractivity contribution < 1.29 is 0 Å². The molecule has 2 heterocycles. The SMILES string of the molecule is c1ccc(-c2nc(-c3ccccc3)nc(-c3c(-c4ccc5c(c4)C4(CCCCC4)c4ccccc4S5)ccc4ccccc34)n2)cc1. The topological polar surface area (TPSA) is 38.7 Å². The molecule has 0 amide bonds. The van der Waals surface area contributed by atoms with E-state index in [-0.39, 0.29) is 5.41 Å². The molecule has 0 N–H and O–H groups in total. The molecule has 4 heteroatoms. The lowest BCUT2D eigenvalue weighted by Gasteiger charge is -2.43. The van der Waals surface area contributed by atoms with Gasteiger partial charge in [-0.05, 0) is 64.1 Å². The van der Waals surface area contributed by atoms with Crippen molar-refractivity contribution in [1.82, 2.24) is 15.0 Å². The highest BCUT2D eigenvalue weighted by Gasteiger charge is 2.42. The molecule has 6 aromatic carbocycles. The fourth-order valence-corrected chi connectivity index (χ4v) is 9.00. The minimum absolute atomic E-state index is 0.0522. The van der Waals surface area contributed by atoms with Crippen molar-refractivity contribution in [3.63, 3.8) is 0 Å². The van der Waals surface area contributed by atoms with Gasteiger partial charge in [-0.2, -0.15) is 0 Å². The molecule has 1 aliphatic carbocycles. The van der Waals surface area contributed by atoms with Crippen molar-refractivity contribution in [2.75, 3.05) is 0 Å². The monoisotopic (exact) mass is 623 g/mol. The van der Waals surface area contributed by atoms with E-state index in [0.717, 1.165) is 27.6 Å². The summed E-state index contributed by atoms with van der Waals surface area (Å²) >= 11 is 1.92. The molecule has 47 heavy (non-hydrogen) atoms. The van der Waals surface area contributed by atoms with Gasteiger partial charge in [-0.25, -0.2) is 15.0 Å². The average molecular weight is 624 g/mol. The van der Waals surface area contributed by atoms with E-state index in [1.807, 2.05) is 48.2 Å². The third-order valence-corrected chi connectivity index (χ3v) is 11.1. The van der Waals surface area contributed by atoms with E-state index >= 15 is 0 Å². The first-order valence-corrected chi connectivity index (χ1v) is 17.4. The second-order valence-corrected chi connectivity index (χ2v) is 13.8. The molecule has 3 nitrogen and oxygen atoms in total. The Hall–Kier alpha value is -5.06. The Bertz CT molecular complexity index is 2200. The molecule has 1 aromatic heterocycles. The van der Waals surface area contributed by atoms with Crippen LogP contribution in [0.1, 0.15) is 43.2 Å². The van der Waals surface area contributed by atoms with Gasteiger partial charge in [0.1, 0.15) is 0 Å². The molecule has 7 aromatic rings. The highest BCUT2D eigenvalue weighted by Crippen LogP contribution is 2.56. The van der Waals surface area contributed by atoms with Crippen LogP contribution in [0.5, 0.6) is 0 Å². The molecular weight excluding hydrogens is 591 g/mol. The van der Waals surface area contributed by atoms with Gasteiger partial charge in [-0.15, -0.1) is 0 Å². The van der Waals surface area contributed by atoms with Crippen LogP contribution in [0.15, 0.2) is 149 Å². The second-order valence-electron chi connectivity index (χ2n) is 12.7. The highest BCUT2D eigenvalue weighted by atomic mass is 32.2. The number of benzene rings is 6. The van der Waals surface area contributed by atoms with Crippen LogP contribution in [-0.4, -0.2) is 15.0 Å². The summed E-state index contributed by atoms with van der Waals surface area (Å²) in [5, 5.41) is 2.31. The van der Waals surface area contributed by atoms with Gasteiger partial charge in [0.05, 0.1) is 0 Å². The predicted octanol–water partition coefficient (Wildman–Crippen LogP) is 11.4. The second kappa shape index (κ2) is 11.6. The van der Waals surface area contributed by atoms with E-state index in [0.29, 0.717) is 17.5 Å². The molecule has 226 valence electrons. The van der Waals surface area contributed by atoms with Gasteiger partial charge in [-0.3, -0.25) is 0 Å². The van der Waals surface area contributed by atoms with Crippen LogP contribution in [0, 0.1) is 0 Å². The van der Waals surface area contributed by atoms with Gasteiger partial charge >= 0.3 is 0 Å². The van der Waals surface area contributed by atoms with Crippen LogP contribution in [0.3, 0.4) is 0 Å². The van der Waals surface area contributed by atoms with E-state index in [2.05, 4.69) is 103 Å². The Labute approximate surface area is 279 Å². The van der Waals surface area contributed by atoms with E-state index < -0.39 is 0 Å². The average Bonchev–Trinajstić information content (AvgIpc) is 3.15. The fraction of sp³-hybridized carbons (Fsp3) is 0.140. The Morgan fingerprint density at radius 2 is 1.09 bits per heavy atom. The fourth-order valence-electron chi connectivity index (χ4n) is 7.74. The van der Waals surface area contributed by atoms with Crippen molar-refractivity contribution in [1.29, 1.82) is 0 Å². The van der Waals surface area contributed by atoms with Gasteiger partial charge in [0, 0.05) is 31.9 Å². The maximum atomic E-state index is 5.21. The summed E-state index contributed by atoms with van der Waals surface area (Å²) < 4.78 is 0. The molecule has 0 radical (unpaired) electrons. The largest absolute Gasteiger partial charge is 0.208 e. The highest BCUT2D eigenvalue weighted by molar-refractivity contribution is 7.99. The van der Waals surface area contributed by atoms with Crippen LogP contribution in [0.25, 0.3) is 56.1 Å². The third kappa shape index (κ3) is 4.87. The zero-order valence-corrected chi connectivity index (χ0v) is 26.9. The summed E-state index contributed by atoms with van der Waals surface area (Å²) in [4.78, 5) is 18.2. The van der Waals surface area contributed by atoms with Crippen LogP contribution >= 0.6 is 11.8 Å². The van der Waals surface area contributed by atoms with Crippen molar-refractivity contribution >= 4 is 22.5 Å². The molecule has 0 atom stereocenters. The first-order valence-electron chi connectivity index (χ1n) is 16.6. The van der Waals surface area contributed by atoms with Crippen LogP contribution < -0.4 is 0 Å². The normalized spacial score (nSPS) is 14.9. The molecular formula is C43H33N3S. The third-order valence-electron chi connectivity index (χ3n) is 9.99. The maximum Gasteiger partial charge on any atom is 0.165 e. The number of rotatable bonds is 4. The zero-order chi connectivity index (χ0) is 31.2. The number of aromatic nitrogens is 3. The Morgan fingerprint density at radius 1 is 0.468 bits per heavy atom. The van der Waals surface area contributed by atoms with Crippen molar-refractivity contribution in [2.24, 2.45) is 0 Å². The van der Waals surface area contributed by atoms with Crippen LogP contribution in [-0.2, 0) is 5.41 Å². The van der Waals surface area contributed by atoms with E-state index in [9.17, 15) is 0 Å². The lowest BCUT2D eigenvalue weighted by Crippen LogP contribution is -2.33. The van der Waals surface area contributed by atoms with Gasteiger partial charge < -0.3 is 0 Å². The standard InChI is InChI=1S/C43H33N3S/c1-4-15-30(16-5-1)40-44-41(31-17-6-2-7-18-31)46-42(45-40)39-33-19-9-8-14-29(33)22-24-34(39)32-23-25-38-36(28-32)43(26-12-3-13-27-43)35-20-10-11-21-37(35)47-38/h1-2,4-11,14-25,28H,3,12-13,26-27H2. The molecule has 1 fully saturated rings. The summed E-state index contributed by atoms with van der Waals surface area (Å²) in [6.45, 7) is 0. The van der Waals surface area contributed by atoms with Crippen molar-refractivity contribution in [2.45, 2.75) is 47.3 Å². The van der Waals surface area contributed by atoms with Gasteiger partial charge in [0.15, 0.2) is 17.5 Å². The molecule has 0 bridgehead atoms. The van der Waals surface area contributed by atoms with Crippen molar-refractivity contribution in [3.8, 4) is 45.3 Å². The smallest absolute Gasteiger partial charge is 0.165 e. The Balaban J connectivity index is 1.29. The van der Waals surface area contributed by atoms with E-state index in [1.165, 1.54) is 64.0 Å². The molecule has 1 spiro atoms. The van der Waals surface area contributed by atoms with Gasteiger partial charge in [0.2, 0.25) is 0 Å². The Kier molecular flexibility index (Phi) is 6.97. The minimum Gasteiger partial charge on any atom is -0.208 e. The maximum absolute atomic E-state index is 5.21. The molecule has 0 unspecified atom stereocenters. The van der Waals surface area contributed by atoms with Crippen LogP contribution in [0.4, 0.5) is 0 Å². The summed E-state index contributed by atoms with van der Waals surface area (Å²) in [5.41, 5.74) is 8.37. The summed E-state index contributed by atoms with van der Waals surface area (Å²) in [7, 11) is 0. The first kappa shape index (κ1) is 28.2. The van der Waals surface area contributed by atoms with Crippen molar-refractivity contribution in [3.05, 3.63) is 151 Å². The summed E-state index contributed by atoms with van der Waals surface area (Å²) in [6.07, 6.45) is 6.23. The zero-order valence-electron chi connectivity index (χ0n) is 26.1. The lowest BCUT2D eigenvalue weighted by atomic mass is 9.64. The molecule has 0 saturated heterocycles. The lowest BCUT2D eigenvalue weighted by molar-refractivity contribution is 0.335. The van der Waals surface area contributed by atoms with E-state index in [4.69, 9.17) is 15.0 Å². The molecule has 2 aliphatic rings. The first-order chi connectivity index (χ1) is 23.3. The molecule has 1 saturated carbocycles. The summed E-state index contributed by atoms with van der Waals surface area (Å²) in [6, 6.07) is 49.8. The molecule has 9 rings (SSSR count). The van der Waals surface area contributed by atoms with E-state index in [1.54, 1.807) is 0 Å². The number of fused-ring (bicyclic) bond motifs is 5. The number of hydrogen-bond acceptors (Lipinski definition) is 4. The Morgan fingerprint density at radius 3 is 1.83 bits per heavy atom. The van der Waals surface area contributed by atoms with Gasteiger partial charge in [0.25, 0.3) is 0 Å². The molecule has 1 aliphatic heterocycles.